The van der Waals surface area contributed by atoms with Crippen LogP contribution in [0.25, 0.3) is 22.5 Å². The molecular formula is C34H42ClN9O3. The SMILES string of the molecule is CN(C)CC(=O)Nc1ccccc1-c1ccc(C[C@H](NC(=O)C2CCC(CN)CC2)C(=O)Nc2ccc(-c3nn[nH]n3)cc2)cc1.Cl. The van der Waals surface area contributed by atoms with Crippen molar-refractivity contribution in [2.24, 2.45) is 17.6 Å². The molecule has 12 nitrogen and oxygen atoms in total. The minimum absolute atomic E-state index is 0. The molecule has 0 aliphatic heterocycles. The number of rotatable bonds is 12. The van der Waals surface area contributed by atoms with Crippen LogP contribution in [-0.4, -0.2) is 76.5 Å². The number of nitrogens with two attached hydrogens (primary N) is 1. The number of H-pyrrole nitrogens is 1. The zero-order valence-corrected chi connectivity index (χ0v) is 27.4. The van der Waals surface area contributed by atoms with E-state index in [4.69, 9.17) is 5.73 Å². The minimum Gasteiger partial charge on any atom is -0.344 e. The molecule has 3 aromatic carbocycles. The molecule has 3 amide bonds. The lowest BCUT2D eigenvalue weighted by Crippen LogP contribution is -2.48. The Balaban J connectivity index is 0.00000500. The number of amides is 3. The van der Waals surface area contributed by atoms with Gasteiger partial charge in [-0.25, -0.2) is 0 Å². The van der Waals surface area contributed by atoms with Crippen LogP contribution in [0.3, 0.4) is 0 Å². The van der Waals surface area contributed by atoms with Gasteiger partial charge in [-0.15, -0.1) is 22.6 Å². The van der Waals surface area contributed by atoms with E-state index < -0.39 is 6.04 Å². The van der Waals surface area contributed by atoms with E-state index in [-0.39, 0.29) is 42.6 Å². The maximum absolute atomic E-state index is 13.6. The summed E-state index contributed by atoms with van der Waals surface area (Å²) in [6, 6.07) is 21.8. The summed E-state index contributed by atoms with van der Waals surface area (Å²) in [5, 5.41) is 23.0. The van der Waals surface area contributed by atoms with Gasteiger partial charge in [0.05, 0.1) is 6.54 Å². The van der Waals surface area contributed by atoms with Crippen molar-refractivity contribution in [2.75, 3.05) is 37.8 Å². The highest BCUT2D eigenvalue weighted by Crippen LogP contribution is 2.30. The van der Waals surface area contributed by atoms with E-state index in [1.807, 2.05) is 67.5 Å². The number of benzene rings is 3. The van der Waals surface area contributed by atoms with Gasteiger partial charge in [-0.05, 0) is 98.9 Å². The molecule has 0 unspecified atom stereocenters. The summed E-state index contributed by atoms with van der Waals surface area (Å²) < 4.78 is 0. The number of anilines is 2. The van der Waals surface area contributed by atoms with Crippen molar-refractivity contribution in [1.82, 2.24) is 30.8 Å². The number of aromatic nitrogens is 4. The molecule has 6 N–H and O–H groups in total. The third-order valence-corrected chi connectivity index (χ3v) is 8.31. The Morgan fingerprint density at radius 1 is 0.915 bits per heavy atom. The number of hydrogen-bond acceptors (Lipinski definition) is 8. The van der Waals surface area contributed by atoms with E-state index in [0.29, 0.717) is 30.4 Å². The monoisotopic (exact) mass is 659 g/mol. The largest absolute Gasteiger partial charge is 0.344 e. The lowest BCUT2D eigenvalue weighted by Gasteiger charge is -2.28. The Morgan fingerprint density at radius 2 is 1.60 bits per heavy atom. The van der Waals surface area contributed by atoms with Crippen molar-refractivity contribution in [3.8, 4) is 22.5 Å². The Labute approximate surface area is 280 Å². The summed E-state index contributed by atoms with van der Waals surface area (Å²) in [5.41, 5.74) is 10.6. The van der Waals surface area contributed by atoms with Crippen molar-refractivity contribution in [3.63, 3.8) is 0 Å². The number of para-hydroxylation sites is 1. The van der Waals surface area contributed by atoms with Crippen LogP contribution < -0.4 is 21.7 Å². The molecule has 1 aromatic heterocycles. The van der Waals surface area contributed by atoms with Crippen molar-refractivity contribution in [3.05, 3.63) is 78.4 Å². The highest BCUT2D eigenvalue weighted by atomic mass is 35.5. The normalized spacial score (nSPS) is 16.5. The third-order valence-electron chi connectivity index (χ3n) is 8.31. The van der Waals surface area contributed by atoms with Gasteiger partial charge in [-0.2, -0.15) is 5.21 Å². The molecule has 1 heterocycles. The van der Waals surface area contributed by atoms with Crippen molar-refractivity contribution in [2.45, 2.75) is 38.1 Å². The molecule has 13 heteroatoms. The second-order valence-electron chi connectivity index (χ2n) is 12.0. The molecule has 0 bridgehead atoms. The Bertz CT molecular complexity index is 1600. The minimum atomic E-state index is -0.792. The maximum Gasteiger partial charge on any atom is 0.247 e. The number of nitrogens with one attached hydrogen (secondary N) is 4. The first kappa shape index (κ1) is 35.2. The molecule has 1 fully saturated rings. The molecule has 1 aliphatic rings. The number of nitrogens with zero attached hydrogens (tertiary/aromatic N) is 4. The van der Waals surface area contributed by atoms with Gasteiger partial charge >= 0.3 is 0 Å². The number of tetrazole rings is 1. The van der Waals surface area contributed by atoms with Crippen LogP contribution in [0.4, 0.5) is 11.4 Å². The number of carbonyl (C=O) groups is 3. The first-order valence-corrected chi connectivity index (χ1v) is 15.6. The van der Waals surface area contributed by atoms with Crippen LogP contribution in [0, 0.1) is 11.8 Å². The van der Waals surface area contributed by atoms with E-state index in [1.54, 1.807) is 24.3 Å². The van der Waals surface area contributed by atoms with Crippen LogP contribution in [-0.2, 0) is 20.8 Å². The topological polar surface area (TPSA) is 171 Å². The summed E-state index contributed by atoms with van der Waals surface area (Å²) in [4.78, 5) is 41.3. The predicted octanol–water partition coefficient (Wildman–Crippen LogP) is 3.89. The average molecular weight is 660 g/mol. The average Bonchev–Trinajstić information content (AvgIpc) is 3.60. The molecule has 0 spiro atoms. The second-order valence-corrected chi connectivity index (χ2v) is 12.0. The molecular weight excluding hydrogens is 618 g/mol. The Kier molecular flexibility index (Phi) is 12.6. The fourth-order valence-corrected chi connectivity index (χ4v) is 5.75. The quantitative estimate of drug-likeness (QED) is 0.152. The van der Waals surface area contributed by atoms with Crippen LogP contribution in [0.2, 0.25) is 0 Å². The number of likely N-dealkylation sites (N-methyl/N-ethyl adjacent to an activating group) is 1. The summed E-state index contributed by atoms with van der Waals surface area (Å²) in [7, 11) is 3.70. The van der Waals surface area contributed by atoms with Crippen molar-refractivity contribution < 1.29 is 14.4 Å². The van der Waals surface area contributed by atoms with E-state index in [1.165, 1.54) is 0 Å². The van der Waals surface area contributed by atoms with Gasteiger partial charge < -0.3 is 26.6 Å². The highest BCUT2D eigenvalue weighted by molar-refractivity contribution is 5.98. The van der Waals surface area contributed by atoms with Gasteiger partial charge in [0.2, 0.25) is 23.5 Å². The zero-order valence-electron chi connectivity index (χ0n) is 26.6. The fourth-order valence-electron chi connectivity index (χ4n) is 5.75. The molecule has 0 radical (unpaired) electrons. The standard InChI is InChI=1S/C34H41N9O3.ClH/c1-43(2)21-31(44)37-29-6-4-3-5-28(29)24-11-7-22(8-12-24)19-30(38-33(45)26-13-9-23(20-35)10-14-26)34(46)36-27-17-15-25(16-18-27)32-39-41-42-40-32;/h3-8,11-12,15-18,23,26,30H,9-10,13-14,19-21,35H2,1-2H3,(H,36,46)(H,37,44)(H,38,45)(H,39,40,41,42);1H/t23?,26?,30-;/m0./s1. The molecule has 4 aromatic rings. The first-order chi connectivity index (χ1) is 22.3. The summed E-state index contributed by atoms with van der Waals surface area (Å²) in [6.07, 6.45) is 3.66. The lowest BCUT2D eigenvalue weighted by molar-refractivity contribution is -0.130. The summed E-state index contributed by atoms with van der Waals surface area (Å²) >= 11 is 0. The third kappa shape index (κ3) is 9.67. The molecule has 248 valence electrons. The van der Waals surface area contributed by atoms with E-state index >= 15 is 0 Å². The van der Waals surface area contributed by atoms with Crippen molar-refractivity contribution in [1.29, 1.82) is 0 Å². The number of carbonyl (C=O) groups excluding carboxylic acids is 3. The second kappa shape index (κ2) is 16.8. The van der Waals surface area contributed by atoms with E-state index in [9.17, 15) is 14.4 Å². The van der Waals surface area contributed by atoms with E-state index in [0.717, 1.165) is 53.6 Å². The van der Waals surface area contributed by atoms with Gasteiger partial charge in [0.15, 0.2) is 0 Å². The number of hydrogen-bond donors (Lipinski definition) is 5. The van der Waals surface area contributed by atoms with Crippen LogP contribution in [0.1, 0.15) is 31.2 Å². The van der Waals surface area contributed by atoms with Gasteiger partial charge in [-0.3, -0.25) is 14.4 Å². The van der Waals surface area contributed by atoms with Crippen LogP contribution >= 0.6 is 12.4 Å². The summed E-state index contributed by atoms with van der Waals surface area (Å²) in [6.45, 7) is 0.910. The molecule has 1 aliphatic carbocycles. The first-order valence-electron chi connectivity index (χ1n) is 15.6. The number of halogens is 1. The molecule has 5 rings (SSSR count). The summed E-state index contributed by atoms with van der Waals surface area (Å²) in [5.74, 6) is 0.239. The maximum atomic E-state index is 13.6. The van der Waals surface area contributed by atoms with Gasteiger partial charge in [0, 0.05) is 34.8 Å². The zero-order chi connectivity index (χ0) is 32.5. The molecule has 1 atom stereocenters. The molecule has 0 saturated heterocycles. The van der Waals surface area contributed by atoms with Gasteiger partial charge in [0.25, 0.3) is 0 Å². The fraction of sp³-hybridized carbons (Fsp3) is 0.353. The molecule has 47 heavy (non-hydrogen) atoms. The van der Waals surface area contributed by atoms with Gasteiger partial charge in [-0.1, -0.05) is 42.5 Å². The Morgan fingerprint density at radius 3 is 2.23 bits per heavy atom. The smallest absolute Gasteiger partial charge is 0.247 e. The van der Waals surface area contributed by atoms with Crippen molar-refractivity contribution >= 4 is 41.5 Å². The van der Waals surface area contributed by atoms with Gasteiger partial charge in [0.1, 0.15) is 6.04 Å². The molecule has 1 saturated carbocycles. The Hall–Kier alpha value is -4.65. The lowest BCUT2D eigenvalue weighted by atomic mass is 9.81. The predicted molar refractivity (Wildman–Crippen MR) is 185 cm³/mol. The van der Waals surface area contributed by atoms with E-state index in [2.05, 4.69) is 36.6 Å². The highest BCUT2D eigenvalue weighted by Gasteiger charge is 2.29. The van der Waals surface area contributed by atoms with Crippen LogP contribution in [0.5, 0.6) is 0 Å². The number of aromatic amines is 1. The van der Waals surface area contributed by atoms with Crippen LogP contribution in [0.15, 0.2) is 72.8 Å².